The van der Waals surface area contributed by atoms with Gasteiger partial charge in [0.2, 0.25) is 0 Å². The Morgan fingerprint density at radius 3 is 2.44 bits per heavy atom. The lowest BCUT2D eigenvalue weighted by Crippen LogP contribution is -2.41. The Kier molecular flexibility index (Phi) is 6.88. The van der Waals surface area contributed by atoms with Crippen LogP contribution in [-0.4, -0.2) is 29.2 Å². The zero-order valence-corrected chi connectivity index (χ0v) is 24.0. The highest BCUT2D eigenvalue weighted by atomic mass is 127. The van der Waals surface area contributed by atoms with E-state index in [0.717, 1.165) is 4.57 Å². The molecular formula is C25H23FIN5O6S. The second-order valence-corrected chi connectivity index (χ2v) is 11.8. The number of rotatable bonds is 7. The van der Waals surface area contributed by atoms with Crippen LogP contribution in [0.15, 0.2) is 56.8 Å². The van der Waals surface area contributed by atoms with Crippen LogP contribution in [0.1, 0.15) is 24.4 Å². The molecule has 0 bridgehead atoms. The largest absolute Gasteiger partial charge is 0.382 e. The van der Waals surface area contributed by atoms with Crippen molar-refractivity contribution in [2.24, 2.45) is 7.05 Å². The maximum atomic E-state index is 14.8. The lowest BCUT2D eigenvalue weighted by Gasteiger charge is -2.21. The molecule has 11 nitrogen and oxygen atoms in total. The molecule has 0 aliphatic heterocycles. The molecule has 204 valence electrons. The van der Waals surface area contributed by atoms with Crippen molar-refractivity contribution in [2.45, 2.75) is 25.8 Å². The fourth-order valence-electron chi connectivity index (χ4n) is 4.42. The molecule has 0 atom stereocenters. The first-order valence-corrected chi connectivity index (χ1v) is 14.3. The van der Waals surface area contributed by atoms with Gasteiger partial charge in [0.05, 0.1) is 16.9 Å². The Bertz CT molecular complexity index is 1950. The minimum Gasteiger partial charge on any atom is -0.371 e. The summed E-state index contributed by atoms with van der Waals surface area (Å²) in [7, 11) is -1.46. The molecule has 39 heavy (non-hydrogen) atoms. The number of hydrogen-bond acceptors (Lipinski definition) is 7. The number of fused-ring (bicyclic) bond motifs is 1. The summed E-state index contributed by atoms with van der Waals surface area (Å²) in [5.41, 5.74) is -1.49. The fourth-order valence-corrected chi connectivity index (χ4v) is 5.31. The molecule has 0 radical (unpaired) electrons. The fraction of sp³-hybridized carbons (Fsp3) is 0.240. The summed E-state index contributed by atoms with van der Waals surface area (Å²) in [5, 5.41) is 2.91. The minimum absolute atomic E-state index is 0.00761. The predicted octanol–water partition coefficient (Wildman–Crippen LogP) is 2.82. The topological polar surface area (TPSA) is 133 Å². The summed E-state index contributed by atoms with van der Waals surface area (Å²) >= 11 is 1.97. The molecule has 1 aliphatic carbocycles. The van der Waals surface area contributed by atoms with Gasteiger partial charge in [-0.3, -0.25) is 23.3 Å². The van der Waals surface area contributed by atoms with Crippen molar-refractivity contribution in [3.05, 3.63) is 88.6 Å². The van der Waals surface area contributed by atoms with Crippen LogP contribution in [0.2, 0.25) is 0 Å². The third-order valence-electron chi connectivity index (χ3n) is 6.47. The van der Waals surface area contributed by atoms with E-state index in [9.17, 15) is 27.2 Å². The SMILES string of the molecule is CNS(=O)(=O)Oc1cccc(-n2c(=O)n(C3CC3)c(=O)c3c(Nc4ccc(I)cc4F)n(C)c(=O)c(C)c32)c1. The Morgan fingerprint density at radius 1 is 1.08 bits per heavy atom. The Morgan fingerprint density at radius 2 is 1.79 bits per heavy atom. The third-order valence-corrected chi connectivity index (χ3v) is 8.05. The molecule has 0 unspecified atom stereocenters. The summed E-state index contributed by atoms with van der Waals surface area (Å²) < 4.78 is 50.0. The molecule has 2 aromatic heterocycles. The Labute approximate surface area is 235 Å². The molecule has 0 amide bonds. The van der Waals surface area contributed by atoms with Crippen LogP contribution in [0.3, 0.4) is 0 Å². The molecule has 1 saturated carbocycles. The molecule has 2 N–H and O–H groups in total. The van der Waals surface area contributed by atoms with Crippen molar-refractivity contribution in [1.29, 1.82) is 0 Å². The van der Waals surface area contributed by atoms with Gasteiger partial charge in [-0.1, -0.05) is 6.07 Å². The van der Waals surface area contributed by atoms with Crippen molar-refractivity contribution in [2.75, 3.05) is 12.4 Å². The number of pyridine rings is 1. The minimum atomic E-state index is -4.10. The average molecular weight is 667 g/mol. The monoisotopic (exact) mass is 667 g/mol. The summed E-state index contributed by atoms with van der Waals surface area (Å²) in [6.45, 7) is 1.49. The van der Waals surface area contributed by atoms with E-state index in [1.807, 2.05) is 27.3 Å². The lowest BCUT2D eigenvalue weighted by molar-refractivity contribution is 0.477. The number of halogens is 2. The standard InChI is InChI=1S/C25H23FIN5O6S/c1-13-21-20(22(30(3)23(13)33)29-19-10-7-14(27)11-18(19)26)24(34)32(15-8-9-15)25(35)31(21)16-5-4-6-17(12-16)38-39(36,37)28-2/h4-7,10-12,15,28-29H,8-9H2,1-3H3. The van der Waals surface area contributed by atoms with Crippen molar-refractivity contribution in [1.82, 2.24) is 18.4 Å². The second-order valence-electron chi connectivity index (χ2n) is 9.07. The highest BCUT2D eigenvalue weighted by Crippen LogP contribution is 2.34. The number of nitrogens with one attached hydrogen (secondary N) is 2. The van der Waals surface area contributed by atoms with Crippen LogP contribution in [0.25, 0.3) is 16.6 Å². The van der Waals surface area contributed by atoms with Gasteiger partial charge in [0, 0.05) is 35.3 Å². The van der Waals surface area contributed by atoms with Gasteiger partial charge < -0.3 is 9.50 Å². The van der Waals surface area contributed by atoms with Gasteiger partial charge in [-0.2, -0.15) is 13.1 Å². The highest BCUT2D eigenvalue weighted by Gasteiger charge is 2.31. The van der Waals surface area contributed by atoms with Crippen LogP contribution < -0.4 is 31.0 Å². The first-order chi connectivity index (χ1) is 18.4. The van der Waals surface area contributed by atoms with Gasteiger partial charge in [0.1, 0.15) is 22.8 Å². The molecule has 1 fully saturated rings. The van der Waals surface area contributed by atoms with Crippen LogP contribution in [0.4, 0.5) is 15.9 Å². The summed E-state index contributed by atoms with van der Waals surface area (Å²) in [4.78, 5) is 41.0. The van der Waals surface area contributed by atoms with Gasteiger partial charge >= 0.3 is 16.0 Å². The predicted molar refractivity (Wildman–Crippen MR) is 153 cm³/mol. The number of benzene rings is 2. The van der Waals surface area contributed by atoms with Gasteiger partial charge in [-0.15, -0.1) is 0 Å². The van der Waals surface area contributed by atoms with E-state index in [1.54, 1.807) is 6.07 Å². The first kappa shape index (κ1) is 27.1. The second kappa shape index (κ2) is 9.91. The number of nitrogens with zero attached hydrogens (tertiary/aromatic N) is 3. The summed E-state index contributed by atoms with van der Waals surface area (Å²) in [6, 6.07) is 9.85. The van der Waals surface area contributed by atoms with E-state index >= 15 is 0 Å². The highest BCUT2D eigenvalue weighted by molar-refractivity contribution is 14.1. The quantitative estimate of drug-likeness (QED) is 0.290. The van der Waals surface area contributed by atoms with E-state index < -0.39 is 32.9 Å². The molecule has 2 aromatic carbocycles. The molecular weight excluding hydrogens is 644 g/mol. The van der Waals surface area contributed by atoms with E-state index in [4.69, 9.17) is 4.18 Å². The Hall–Kier alpha value is -3.50. The van der Waals surface area contributed by atoms with Gasteiger partial charge in [0.25, 0.3) is 11.1 Å². The molecule has 0 spiro atoms. The van der Waals surface area contributed by atoms with Crippen molar-refractivity contribution in [3.8, 4) is 11.4 Å². The van der Waals surface area contributed by atoms with Crippen LogP contribution in [0.5, 0.6) is 5.75 Å². The molecule has 5 rings (SSSR count). The van der Waals surface area contributed by atoms with Crippen molar-refractivity contribution >= 4 is 55.3 Å². The first-order valence-electron chi connectivity index (χ1n) is 11.8. The van der Waals surface area contributed by atoms with Crippen molar-refractivity contribution in [3.63, 3.8) is 0 Å². The van der Waals surface area contributed by atoms with E-state index in [1.165, 1.54) is 66.6 Å². The molecule has 4 aromatic rings. The summed E-state index contributed by atoms with van der Waals surface area (Å²) in [5.74, 6) is -0.666. The Balaban J connectivity index is 1.88. The number of aromatic nitrogens is 3. The molecule has 14 heteroatoms. The average Bonchev–Trinajstić information content (AvgIpc) is 3.71. The zero-order chi connectivity index (χ0) is 28.2. The van der Waals surface area contributed by atoms with E-state index in [2.05, 4.69) is 5.32 Å². The van der Waals surface area contributed by atoms with Crippen LogP contribution >= 0.6 is 22.6 Å². The number of hydrogen-bond donors (Lipinski definition) is 2. The zero-order valence-electron chi connectivity index (χ0n) is 21.0. The molecule has 2 heterocycles. The maximum Gasteiger partial charge on any atom is 0.382 e. The van der Waals surface area contributed by atoms with Gasteiger partial charge in [-0.05, 0) is 72.7 Å². The van der Waals surface area contributed by atoms with Crippen LogP contribution in [-0.2, 0) is 17.4 Å². The summed E-state index contributed by atoms with van der Waals surface area (Å²) in [6.07, 6.45) is 1.23. The van der Waals surface area contributed by atoms with Gasteiger partial charge in [0.15, 0.2) is 0 Å². The smallest absolute Gasteiger partial charge is 0.371 e. The van der Waals surface area contributed by atoms with E-state index in [0.29, 0.717) is 16.4 Å². The van der Waals surface area contributed by atoms with Crippen LogP contribution in [0, 0.1) is 16.3 Å². The molecule has 1 aliphatic rings. The maximum absolute atomic E-state index is 14.8. The number of anilines is 2. The lowest BCUT2D eigenvalue weighted by atomic mass is 10.1. The third kappa shape index (κ3) is 4.87. The van der Waals surface area contributed by atoms with E-state index in [-0.39, 0.29) is 45.5 Å². The van der Waals surface area contributed by atoms with Crippen molar-refractivity contribution < 1.29 is 17.0 Å². The molecule has 0 saturated heterocycles. The normalized spacial score (nSPS) is 13.6. The van der Waals surface area contributed by atoms with Gasteiger partial charge in [-0.25, -0.2) is 9.18 Å². The number of aryl methyl sites for hydroxylation is 1.